The largest absolute Gasteiger partial charge is 0.480 e. The molecule has 1 N–H and O–H groups in total. The van der Waals surface area contributed by atoms with E-state index >= 15 is 0 Å². The Morgan fingerprint density at radius 3 is 2.38 bits per heavy atom. The van der Waals surface area contributed by atoms with Crippen molar-refractivity contribution in [3.05, 3.63) is 29.3 Å². The van der Waals surface area contributed by atoms with Crippen molar-refractivity contribution in [2.45, 2.75) is 33.2 Å². The zero-order chi connectivity index (χ0) is 12.5. The van der Waals surface area contributed by atoms with E-state index in [1.807, 2.05) is 39.1 Å². The summed E-state index contributed by atoms with van der Waals surface area (Å²) in [5, 5.41) is 9.19. The van der Waals surface area contributed by atoms with Gasteiger partial charge in [0.2, 0.25) is 0 Å². The molecule has 0 aromatic heterocycles. The number of hydrogen-bond acceptors (Lipinski definition) is 2. The molecular formula is C13H19NO2. The number of hydrogen-bond donors (Lipinski definition) is 1. The number of rotatable bonds is 3. The minimum Gasteiger partial charge on any atom is -0.480 e. The van der Waals surface area contributed by atoms with E-state index in [2.05, 4.69) is 0 Å². The van der Waals surface area contributed by atoms with Crippen molar-refractivity contribution >= 4 is 11.7 Å². The van der Waals surface area contributed by atoms with Gasteiger partial charge in [-0.15, -0.1) is 0 Å². The summed E-state index contributed by atoms with van der Waals surface area (Å²) in [5.74, 6) is -0.823. The van der Waals surface area contributed by atoms with Crippen molar-refractivity contribution in [1.29, 1.82) is 0 Å². The zero-order valence-corrected chi connectivity index (χ0v) is 10.5. The predicted molar refractivity (Wildman–Crippen MR) is 66.0 cm³/mol. The normalized spacial score (nSPS) is 11.3. The highest BCUT2D eigenvalue weighted by atomic mass is 16.4. The van der Waals surface area contributed by atoms with E-state index in [4.69, 9.17) is 0 Å². The summed E-state index contributed by atoms with van der Waals surface area (Å²) in [7, 11) is 1.82. The van der Waals surface area contributed by atoms with E-state index in [0.29, 0.717) is 0 Å². The molecule has 0 aliphatic heterocycles. The van der Waals surface area contributed by atoms with E-state index in [9.17, 15) is 9.90 Å². The van der Waals surface area contributed by atoms with E-state index in [0.717, 1.165) is 16.8 Å². The van der Waals surface area contributed by atoms with Crippen molar-refractivity contribution in [3.8, 4) is 0 Å². The van der Waals surface area contributed by atoms with E-state index < -0.39 is 11.5 Å². The fourth-order valence-electron chi connectivity index (χ4n) is 1.53. The molecule has 1 rings (SSSR count). The number of carboxylic acids is 1. The third kappa shape index (κ3) is 2.18. The number of nitrogens with zero attached hydrogens (tertiary/aromatic N) is 1. The molecule has 0 saturated heterocycles. The molecular weight excluding hydrogens is 202 g/mol. The SMILES string of the molecule is Cc1ccc(C)c(N(C)C(C)(C)C(=O)O)c1. The number of anilines is 1. The predicted octanol–water partition coefficient (Wildman–Crippen LogP) is 2.60. The van der Waals surface area contributed by atoms with Crippen LogP contribution in [0, 0.1) is 13.8 Å². The minimum absolute atomic E-state index is 0.823. The number of carbonyl (C=O) groups is 1. The maximum absolute atomic E-state index is 11.2. The van der Waals surface area contributed by atoms with Crippen LogP contribution in [-0.2, 0) is 4.79 Å². The van der Waals surface area contributed by atoms with Gasteiger partial charge in [0.25, 0.3) is 0 Å². The van der Waals surface area contributed by atoms with Crippen LogP contribution in [0.1, 0.15) is 25.0 Å². The summed E-state index contributed by atoms with van der Waals surface area (Å²) in [6.45, 7) is 7.40. The molecule has 3 nitrogen and oxygen atoms in total. The number of benzene rings is 1. The second-order valence-electron chi connectivity index (χ2n) is 4.71. The first-order valence-corrected chi connectivity index (χ1v) is 5.31. The monoisotopic (exact) mass is 221 g/mol. The molecule has 16 heavy (non-hydrogen) atoms. The third-order valence-corrected chi connectivity index (χ3v) is 3.09. The average molecular weight is 221 g/mol. The first-order valence-electron chi connectivity index (χ1n) is 5.31. The Hall–Kier alpha value is -1.51. The van der Waals surface area contributed by atoms with Crippen LogP contribution in [0.25, 0.3) is 0 Å². The lowest BCUT2D eigenvalue weighted by Crippen LogP contribution is -2.48. The van der Waals surface area contributed by atoms with Crippen molar-refractivity contribution in [2.24, 2.45) is 0 Å². The van der Waals surface area contributed by atoms with E-state index in [-0.39, 0.29) is 0 Å². The standard InChI is InChI=1S/C13H19NO2/c1-9-6-7-10(2)11(8-9)14(5)13(3,4)12(15)16/h6-8H,1-5H3,(H,15,16). The molecule has 0 spiro atoms. The van der Waals surface area contributed by atoms with Gasteiger partial charge in [-0.2, -0.15) is 0 Å². The molecule has 88 valence electrons. The van der Waals surface area contributed by atoms with Gasteiger partial charge in [-0.1, -0.05) is 12.1 Å². The van der Waals surface area contributed by atoms with Crippen molar-refractivity contribution in [3.63, 3.8) is 0 Å². The maximum atomic E-state index is 11.2. The Morgan fingerprint density at radius 2 is 1.88 bits per heavy atom. The summed E-state index contributed by atoms with van der Waals surface area (Å²) in [6.07, 6.45) is 0. The summed E-state index contributed by atoms with van der Waals surface area (Å²) >= 11 is 0. The van der Waals surface area contributed by atoms with Crippen LogP contribution < -0.4 is 4.90 Å². The number of likely N-dealkylation sites (N-methyl/N-ethyl adjacent to an activating group) is 1. The van der Waals surface area contributed by atoms with Crippen LogP contribution in [0.5, 0.6) is 0 Å². The molecule has 3 heteroatoms. The summed E-state index contributed by atoms with van der Waals surface area (Å²) in [6, 6.07) is 6.06. The van der Waals surface area contributed by atoms with E-state index in [1.54, 1.807) is 18.7 Å². The van der Waals surface area contributed by atoms with Crippen LogP contribution in [0.2, 0.25) is 0 Å². The molecule has 0 aliphatic carbocycles. The summed E-state index contributed by atoms with van der Waals surface area (Å²) in [4.78, 5) is 13.0. The topological polar surface area (TPSA) is 40.5 Å². The quantitative estimate of drug-likeness (QED) is 0.853. The molecule has 0 heterocycles. The highest BCUT2D eigenvalue weighted by Crippen LogP contribution is 2.26. The van der Waals surface area contributed by atoms with Gasteiger partial charge in [-0.05, 0) is 44.9 Å². The molecule has 0 amide bonds. The van der Waals surface area contributed by atoms with Crippen molar-refractivity contribution in [2.75, 3.05) is 11.9 Å². The first-order chi connectivity index (χ1) is 7.26. The zero-order valence-electron chi connectivity index (χ0n) is 10.5. The second kappa shape index (κ2) is 4.16. The number of carboxylic acid groups (broad SMARTS) is 1. The Balaban J connectivity index is 3.19. The molecule has 0 fully saturated rings. The smallest absolute Gasteiger partial charge is 0.328 e. The molecule has 0 unspecified atom stereocenters. The molecule has 0 atom stereocenters. The van der Waals surface area contributed by atoms with Crippen LogP contribution in [0.15, 0.2) is 18.2 Å². The molecule has 0 aliphatic rings. The van der Waals surface area contributed by atoms with Crippen molar-refractivity contribution in [1.82, 2.24) is 0 Å². The lowest BCUT2D eigenvalue weighted by molar-refractivity contribution is -0.142. The van der Waals surface area contributed by atoms with Gasteiger partial charge in [-0.25, -0.2) is 4.79 Å². The van der Waals surface area contributed by atoms with Gasteiger partial charge < -0.3 is 10.0 Å². The number of aryl methyl sites for hydroxylation is 2. The summed E-state index contributed by atoms with van der Waals surface area (Å²) < 4.78 is 0. The van der Waals surface area contributed by atoms with Crippen molar-refractivity contribution < 1.29 is 9.90 Å². The fraction of sp³-hybridized carbons (Fsp3) is 0.462. The minimum atomic E-state index is -0.904. The third-order valence-electron chi connectivity index (χ3n) is 3.09. The second-order valence-corrected chi connectivity index (χ2v) is 4.71. The average Bonchev–Trinajstić information content (AvgIpc) is 2.20. The van der Waals surface area contributed by atoms with Crippen LogP contribution >= 0.6 is 0 Å². The Labute approximate surface area is 96.7 Å². The lowest BCUT2D eigenvalue weighted by Gasteiger charge is -2.34. The van der Waals surface area contributed by atoms with Crippen LogP contribution in [-0.4, -0.2) is 23.7 Å². The molecule has 1 aromatic carbocycles. The highest BCUT2D eigenvalue weighted by molar-refractivity contribution is 5.82. The van der Waals surface area contributed by atoms with Gasteiger partial charge in [0, 0.05) is 12.7 Å². The van der Waals surface area contributed by atoms with Gasteiger partial charge >= 0.3 is 5.97 Å². The van der Waals surface area contributed by atoms with Gasteiger partial charge in [0.05, 0.1) is 0 Å². The van der Waals surface area contributed by atoms with Gasteiger partial charge in [-0.3, -0.25) is 0 Å². The van der Waals surface area contributed by atoms with Crippen LogP contribution in [0.4, 0.5) is 5.69 Å². The summed E-state index contributed by atoms with van der Waals surface area (Å²) in [5.41, 5.74) is 2.28. The molecule has 0 saturated carbocycles. The van der Waals surface area contributed by atoms with Crippen LogP contribution in [0.3, 0.4) is 0 Å². The maximum Gasteiger partial charge on any atom is 0.328 e. The van der Waals surface area contributed by atoms with Gasteiger partial charge in [0.15, 0.2) is 0 Å². The fourth-order valence-corrected chi connectivity index (χ4v) is 1.53. The highest BCUT2D eigenvalue weighted by Gasteiger charge is 2.32. The Morgan fingerprint density at radius 1 is 1.31 bits per heavy atom. The Bertz CT molecular complexity index is 410. The first kappa shape index (κ1) is 12.6. The molecule has 0 bridgehead atoms. The Kier molecular flexibility index (Phi) is 3.27. The van der Waals surface area contributed by atoms with Gasteiger partial charge in [0.1, 0.15) is 5.54 Å². The lowest BCUT2D eigenvalue weighted by atomic mass is 10.0. The molecule has 0 radical (unpaired) electrons. The molecule has 1 aromatic rings. The van der Waals surface area contributed by atoms with E-state index in [1.165, 1.54) is 0 Å². The number of aliphatic carboxylic acids is 1.